The highest BCUT2D eigenvalue weighted by Crippen LogP contribution is 2.41. The third-order valence-corrected chi connectivity index (χ3v) is 4.22. The average molecular weight is 271 g/mol. The number of hydrogen-bond acceptors (Lipinski definition) is 3. The highest BCUT2D eigenvalue weighted by molar-refractivity contribution is 5.83. The normalized spacial score (nSPS) is 20.9. The molecule has 1 aliphatic rings. The molecule has 1 N–H and O–H groups in total. The standard InChI is InChI=1S/C15H17N3O2/c1-2-18-13(16-10-17-18)9-15(14(19)20)8-7-11-5-3-4-6-12(11)15/h3-6,10H,2,7-9H2,1H3,(H,19,20). The van der Waals surface area contributed by atoms with Gasteiger partial charge in [-0.2, -0.15) is 5.10 Å². The Balaban J connectivity index is 2.05. The Bertz CT molecular complexity index is 650. The number of aryl methyl sites for hydroxylation is 2. The van der Waals surface area contributed by atoms with E-state index in [2.05, 4.69) is 10.1 Å². The highest BCUT2D eigenvalue weighted by atomic mass is 16.4. The van der Waals surface area contributed by atoms with Gasteiger partial charge < -0.3 is 5.11 Å². The summed E-state index contributed by atoms with van der Waals surface area (Å²) < 4.78 is 1.77. The number of nitrogens with zero attached hydrogens (tertiary/aromatic N) is 3. The molecular weight excluding hydrogens is 254 g/mol. The van der Waals surface area contributed by atoms with Gasteiger partial charge in [0.2, 0.25) is 0 Å². The number of hydrogen-bond donors (Lipinski definition) is 1. The Morgan fingerprint density at radius 2 is 2.25 bits per heavy atom. The minimum absolute atomic E-state index is 0.396. The summed E-state index contributed by atoms with van der Waals surface area (Å²) in [5, 5.41) is 14.0. The van der Waals surface area contributed by atoms with Crippen molar-refractivity contribution in [2.75, 3.05) is 0 Å². The number of benzene rings is 1. The molecule has 0 aliphatic heterocycles. The smallest absolute Gasteiger partial charge is 0.314 e. The molecule has 5 nitrogen and oxygen atoms in total. The van der Waals surface area contributed by atoms with Gasteiger partial charge in [0.15, 0.2) is 0 Å². The molecule has 1 aromatic carbocycles. The van der Waals surface area contributed by atoms with Crippen LogP contribution in [0, 0.1) is 0 Å². The molecular formula is C15H17N3O2. The molecule has 2 aromatic rings. The summed E-state index contributed by atoms with van der Waals surface area (Å²) in [5.41, 5.74) is 1.20. The second-order valence-electron chi connectivity index (χ2n) is 5.21. The molecule has 1 aromatic heterocycles. The van der Waals surface area contributed by atoms with Gasteiger partial charge in [0, 0.05) is 13.0 Å². The summed E-state index contributed by atoms with van der Waals surface area (Å²) in [4.78, 5) is 16.2. The van der Waals surface area contributed by atoms with Gasteiger partial charge in [0.25, 0.3) is 0 Å². The quantitative estimate of drug-likeness (QED) is 0.920. The van der Waals surface area contributed by atoms with Gasteiger partial charge >= 0.3 is 5.97 Å². The van der Waals surface area contributed by atoms with Gasteiger partial charge in [-0.1, -0.05) is 24.3 Å². The summed E-state index contributed by atoms with van der Waals surface area (Å²) in [6.45, 7) is 2.68. The van der Waals surface area contributed by atoms with Gasteiger partial charge in [-0.3, -0.25) is 9.48 Å². The molecule has 0 amide bonds. The van der Waals surface area contributed by atoms with Crippen molar-refractivity contribution < 1.29 is 9.90 Å². The average Bonchev–Trinajstić information content (AvgIpc) is 3.05. The van der Waals surface area contributed by atoms with Crippen LogP contribution in [0.5, 0.6) is 0 Å². The van der Waals surface area contributed by atoms with Crippen LogP contribution >= 0.6 is 0 Å². The molecule has 0 fully saturated rings. The first kappa shape index (κ1) is 12.8. The van der Waals surface area contributed by atoms with Crippen molar-refractivity contribution in [3.63, 3.8) is 0 Å². The van der Waals surface area contributed by atoms with E-state index in [4.69, 9.17) is 0 Å². The van der Waals surface area contributed by atoms with Crippen LogP contribution in [0.4, 0.5) is 0 Å². The minimum atomic E-state index is -0.865. The van der Waals surface area contributed by atoms with E-state index in [9.17, 15) is 9.90 Å². The lowest BCUT2D eigenvalue weighted by Crippen LogP contribution is -2.37. The van der Waals surface area contributed by atoms with Gasteiger partial charge in [0.05, 0.1) is 0 Å². The van der Waals surface area contributed by atoms with Crippen molar-refractivity contribution in [1.82, 2.24) is 14.8 Å². The zero-order chi connectivity index (χ0) is 14.2. The SMILES string of the molecule is CCn1ncnc1CC1(C(=O)O)CCc2ccccc21. The van der Waals surface area contributed by atoms with Crippen LogP contribution in [-0.4, -0.2) is 25.8 Å². The van der Waals surface area contributed by atoms with Crippen molar-refractivity contribution in [1.29, 1.82) is 0 Å². The van der Waals surface area contributed by atoms with Crippen molar-refractivity contribution in [2.45, 2.75) is 38.1 Å². The molecule has 20 heavy (non-hydrogen) atoms. The van der Waals surface area contributed by atoms with E-state index in [-0.39, 0.29) is 0 Å². The Morgan fingerprint density at radius 1 is 1.45 bits per heavy atom. The maximum Gasteiger partial charge on any atom is 0.314 e. The Morgan fingerprint density at radius 3 is 3.00 bits per heavy atom. The zero-order valence-corrected chi connectivity index (χ0v) is 11.4. The van der Waals surface area contributed by atoms with Crippen LogP contribution in [0.25, 0.3) is 0 Å². The molecule has 1 heterocycles. The summed E-state index contributed by atoms with van der Waals surface area (Å²) in [6, 6.07) is 7.82. The van der Waals surface area contributed by atoms with Crippen LogP contribution < -0.4 is 0 Å². The molecule has 1 aliphatic carbocycles. The second kappa shape index (κ2) is 4.74. The van der Waals surface area contributed by atoms with E-state index in [1.165, 1.54) is 6.33 Å². The third kappa shape index (κ3) is 1.81. The maximum absolute atomic E-state index is 12.0. The zero-order valence-electron chi connectivity index (χ0n) is 11.4. The monoisotopic (exact) mass is 271 g/mol. The predicted molar refractivity (Wildman–Crippen MR) is 73.5 cm³/mol. The first-order chi connectivity index (χ1) is 9.67. The first-order valence-corrected chi connectivity index (χ1v) is 6.86. The molecule has 0 spiro atoms. The summed E-state index contributed by atoms with van der Waals surface area (Å²) in [7, 11) is 0. The van der Waals surface area contributed by atoms with Crippen molar-refractivity contribution >= 4 is 5.97 Å². The van der Waals surface area contributed by atoms with E-state index in [0.29, 0.717) is 19.4 Å². The molecule has 0 bridgehead atoms. The van der Waals surface area contributed by atoms with Crippen molar-refractivity contribution in [3.8, 4) is 0 Å². The van der Waals surface area contributed by atoms with Crippen LogP contribution in [0.3, 0.4) is 0 Å². The van der Waals surface area contributed by atoms with E-state index < -0.39 is 11.4 Å². The van der Waals surface area contributed by atoms with Crippen molar-refractivity contribution in [2.24, 2.45) is 0 Å². The molecule has 0 radical (unpaired) electrons. The van der Waals surface area contributed by atoms with Crippen LogP contribution in [0.15, 0.2) is 30.6 Å². The van der Waals surface area contributed by atoms with Crippen LogP contribution in [0.2, 0.25) is 0 Å². The predicted octanol–water partition coefficient (Wildman–Crippen LogP) is 1.81. The highest BCUT2D eigenvalue weighted by Gasteiger charge is 2.46. The number of aliphatic carboxylic acids is 1. The number of aromatic nitrogens is 3. The fraction of sp³-hybridized carbons (Fsp3) is 0.400. The molecule has 104 valence electrons. The Labute approximate surface area is 117 Å². The third-order valence-electron chi connectivity index (χ3n) is 4.22. The lowest BCUT2D eigenvalue weighted by atomic mass is 9.78. The Kier molecular flexibility index (Phi) is 3.04. The van der Waals surface area contributed by atoms with Crippen LogP contribution in [0.1, 0.15) is 30.3 Å². The number of carboxylic acid groups (broad SMARTS) is 1. The molecule has 1 atom stereocenters. The molecule has 0 saturated carbocycles. The fourth-order valence-electron chi connectivity index (χ4n) is 3.13. The lowest BCUT2D eigenvalue weighted by molar-refractivity contribution is -0.143. The summed E-state index contributed by atoms with van der Waals surface area (Å²) in [5.74, 6) is -0.0280. The van der Waals surface area contributed by atoms with Crippen LogP contribution in [-0.2, 0) is 29.6 Å². The summed E-state index contributed by atoms with van der Waals surface area (Å²) >= 11 is 0. The van der Waals surface area contributed by atoms with E-state index in [1.807, 2.05) is 31.2 Å². The van der Waals surface area contributed by atoms with Crippen molar-refractivity contribution in [3.05, 3.63) is 47.5 Å². The Hall–Kier alpha value is -2.17. The molecule has 0 saturated heterocycles. The van der Waals surface area contributed by atoms with E-state index in [0.717, 1.165) is 23.4 Å². The first-order valence-electron chi connectivity index (χ1n) is 6.86. The second-order valence-corrected chi connectivity index (χ2v) is 5.21. The maximum atomic E-state index is 12.0. The molecule has 1 unspecified atom stereocenters. The lowest BCUT2D eigenvalue weighted by Gasteiger charge is -2.25. The van der Waals surface area contributed by atoms with Gasteiger partial charge in [-0.15, -0.1) is 0 Å². The van der Waals surface area contributed by atoms with Gasteiger partial charge in [-0.25, -0.2) is 4.98 Å². The van der Waals surface area contributed by atoms with Gasteiger partial charge in [0.1, 0.15) is 17.6 Å². The van der Waals surface area contributed by atoms with Gasteiger partial charge in [-0.05, 0) is 30.9 Å². The largest absolute Gasteiger partial charge is 0.481 e. The molecule has 3 rings (SSSR count). The number of fused-ring (bicyclic) bond motifs is 1. The fourth-order valence-corrected chi connectivity index (χ4v) is 3.13. The number of rotatable bonds is 4. The molecule has 5 heteroatoms. The van der Waals surface area contributed by atoms with E-state index in [1.54, 1.807) is 4.68 Å². The minimum Gasteiger partial charge on any atom is -0.481 e. The van der Waals surface area contributed by atoms with E-state index >= 15 is 0 Å². The number of carboxylic acids is 1. The topological polar surface area (TPSA) is 68.0 Å². The summed E-state index contributed by atoms with van der Waals surface area (Å²) in [6.07, 6.45) is 3.32. The number of carbonyl (C=O) groups is 1.